The van der Waals surface area contributed by atoms with E-state index in [2.05, 4.69) is 10.4 Å². The average molecular weight is 563 g/mol. The van der Waals surface area contributed by atoms with Gasteiger partial charge in [0.25, 0.3) is 11.8 Å². The van der Waals surface area contributed by atoms with E-state index in [1.54, 1.807) is 52.9 Å². The first-order valence-corrected chi connectivity index (χ1v) is 13.1. The summed E-state index contributed by atoms with van der Waals surface area (Å²) < 4.78 is 6.63. The summed E-state index contributed by atoms with van der Waals surface area (Å²) in [4.78, 5) is 39.9. The fraction of sp³-hybridized carbons (Fsp3) is 0.172. The zero-order valence-electron chi connectivity index (χ0n) is 21.0. The Morgan fingerprint density at radius 1 is 1.03 bits per heavy atom. The molecule has 0 unspecified atom stereocenters. The molecule has 1 aliphatic rings. The number of hydrogen-bond acceptors (Lipinski definition) is 5. The molecule has 4 aromatic rings. The molecular formula is C29H24Cl2N4O4. The van der Waals surface area contributed by atoms with Crippen molar-refractivity contribution in [1.29, 1.82) is 0 Å². The van der Waals surface area contributed by atoms with Gasteiger partial charge >= 0.3 is 5.97 Å². The summed E-state index contributed by atoms with van der Waals surface area (Å²) in [7, 11) is 0. The number of halogens is 2. The van der Waals surface area contributed by atoms with E-state index in [4.69, 9.17) is 27.9 Å². The highest BCUT2D eigenvalue weighted by Crippen LogP contribution is 2.36. The van der Waals surface area contributed by atoms with E-state index in [0.717, 1.165) is 22.5 Å². The predicted molar refractivity (Wildman–Crippen MR) is 151 cm³/mol. The number of para-hydroxylation sites is 1. The highest BCUT2D eigenvalue weighted by Gasteiger charge is 2.27. The van der Waals surface area contributed by atoms with Gasteiger partial charge in [-0.25, -0.2) is 0 Å². The van der Waals surface area contributed by atoms with Crippen molar-refractivity contribution in [2.75, 3.05) is 23.4 Å². The topological polar surface area (TPSA) is 93.5 Å². The summed E-state index contributed by atoms with van der Waals surface area (Å²) in [5, 5.41) is 8.12. The Kier molecular flexibility index (Phi) is 7.67. The van der Waals surface area contributed by atoms with Crippen molar-refractivity contribution < 1.29 is 19.1 Å². The minimum Gasteiger partial charge on any atom is -0.465 e. The Morgan fingerprint density at radius 3 is 2.54 bits per heavy atom. The van der Waals surface area contributed by atoms with Crippen LogP contribution >= 0.6 is 23.2 Å². The number of nitrogens with one attached hydrogen (secondary N) is 1. The zero-order valence-corrected chi connectivity index (χ0v) is 22.5. The van der Waals surface area contributed by atoms with Crippen molar-refractivity contribution in [3.63, 3.8) is 0 Å². The number of fused-ring (bicyclic) bond motifs is 3. The van der Waals surface area contributed by atoms with Crippen LogP contribution in [0.25, 0.3) is 11.3 Å². The molecule has 198 valence electrons. The lowest BCUT2D eigenvalue weighted by Gasteiger charge is -2.23. The van der Waals surface area contributed by atoms with Crippen LogP contribution in [0.5, 0.6) is 0 Å². The molecule has 8 nitrogen and oxygen atoms in total. The number of carbonyl (C=O) groups is 3. The first-order chi connectivity index (χ1) is 18.8. The Morgan fingerprint density at radius 2 is 1.79 bits per heavy atom. The summed E-state index contributed by atoms with van der Waals surface area (Å²) in [6.07, 6.45) is 2.40. The zero-order chi connectivity index (χ0) is 27.5. The van der Waals surface area contributed by atoms with E-state index in [1.807, 2.05) is 30.5 Å². The molecule has 0 spiro atoms. The molecule has 0 saturated heterocycles. The molecule has 0 aliphatic carbocycles. The molecule has 1 aromatic heterocycles. The number of aromatic nitrogens is 2. The highest BCUT2D eigenvalue weighted by molar-refractivity contribution is 6.37. The van der Waals surface area contributed by atoms with Crippen LogP contribution in [-0.2, 0) is 22.5 Å². The molecule has 1 N–H and O–H groups in total. The number of nitrogens with zero attached hydrogens (tertiary/aromatic N) is 3. The molecule has 3 aromatic carbocycles. The largest absolute Gasteiger partial charge is 0.465 e. The van der Waals surface area contributed by atoms with Crippen LogP contribution in [0.4, 0.5) is 11.4 Å². The quantitative estimate of drug-likeness (QED) is 0.296. The molecule has 2 heterocycles. The predicted octanol–water partition coefficient (Wildman–Crippen LogP) is 5.88. The maximum atomic E-state index is 13.6. The number of anilines is 2. The third kappa shape index (κ3) is 5.67. The van der Waals surface area contributed by atoms with Gasteiger partial charge in [0.1, 0.15) is 6.54 Å². The summed E-state index contributed by atoms with van der Waals surface area (Å²) in [5.74, 6) is -0.906. The van der Waals surface area contributed by atoms with Crippen LogP contribution in [0.15, 0.2) is 72.9 Å². The molecule has 2 amide bonds. The third-order valence-electron chi connectivity index (χ3n) is 6.30. The minimum atomic E-state index is -0.380. The molecule has 0 radical (unpaired) electrons. The average Bonchev–Trinajstić information content (AvgIpc) is 3.24. The minimum absolute atomic E-state index is 0.0266. The van der Waals surface area contributed by atoms with Crippen molar-refractivity contribution in [1.82, 2.24) is 9.78 Å². The highest BCUT2D eigenvalue weighted by atomic mass is 35.5. The standard InChI is InChI=1S/C29H24Cl2N4O4/c1-2-39-26(36)17-34-16-19-13-14-35(25-6-4-3-5-23(25)27(19)33-34)29(38)18-7-10-21(11-8-18)32-28(37)22-12-9-20(30)15-24(22)31/h3-12,15-16H,2,13-14,17H2,1H3,(H,32,37). The van der Waals surface area contributed by atoms with Crippen LogP contribution in [-0.4, -0.2) is 40.7 Å². The van der Waals surface area contributed by atoms with Crippen molar-refractivity contribution in [2.24, 2.45) is 0 Å². The summed E-state index contributed by atoms with van der Waals surface area (Å²) in [5.41, 5.74) is 4.52. The van der Waals surface area contributed by atoms with Crippen LogP contribution in [0, 0.1) is 0 Å². The van der Waals surface area contributed by atoms with E-state index >= 15 is 0 Å². The van der Waals surface area contributed by atoms with E-state index in [9.17, 15) is 14.4 Å². The summed E-state index contributed by atoms with van der Waals surface area (Å²) in [6.45, 7) is 2.53. The number of ether oxygens (including phenoxy) is 1. The Labute approximate surface area is 235 Å². The second kappa shape index (κ2) is 11.3. The first kappa shape index (κ1) is 26.5. The van der Waals surface area contributed by atoms with E-state index < -0.39 is 0 Å². The maximum absolute atomic E-state index is 13.6. The Bertz CT molecular complexity index is 1570. The number of amides is 2. The molecule has 0 atom stereocenters. The molecule has 10 heteroatoms. The van der Waals surface area contributed by atoms with Crippen molar-refractivity contribution in [3.05, 3.63) is 99.7 Å². The maximum Gasteiger partial charge on any atom is 0.327 e. The van der Waals surface area contributed by atoms with Gasteiger partial charge in [-0.2, -0.15) is 5.10 Å². The van der Waals surface area contributed by atoms with Gasteiger partial charge in [-0.1, -0.05) is 41.4 Å². The van der Waals surface area contributed by atoms with Crippen molar-refractivity contribution in [3.8, 4) is 11.3 Å². The lowest BCUT2D eigenvalue weighted by molar-refractivity contribution is -0.144. The fourth-order valence-electron chi connectivity index (χ4n) is 4.49. The lowest BCUT2D eigenvalue weighted by Crippen LogP contribution is -2.32. The molecule has 1 aliphatic heterocycles. The van der Waals surface area contributed by atoms with Crippen LogP contribution in [0.1, 0.15) is 33.2 Å². The third-order valence-corrected chi connectivity index (χ3v) is 6.85. The van der Waals surface area contributed by atoms with E-state index in [0.29, 0.717) is 41.4 Å². The molecule has 0 bridgehead atoms. The molecule has 0 saturated carbocycles. The second-order valence-electron chi connectivity index (χ2n) is 8.89. The van der Waals surface area contributed by atoms with Gasteiger partial charge in [0.15, 0.2) is 0 Å². The Balaban J connectivity index is 1.35. The molecular weight excluding hydrogens is 539 g/mol. The number of esters is 1. The van der Waals surface area contributed by atoms with Gasteiger partial charge in [-0.15, -0.1) is 0 Å². The summed E-state index contributed by atoms with van der Waals surface area (Å²) >= 11 is 12.1. The smallest absolute Gasteiger partial charge is 0.327 e. The molecule has 5 rings (SSSR count). The van der Waals surface area contributed by atoms with Gasteiger partial charge in [0.05, 0.1) is 28.6 Å². The van der Waals surface area contributed by atoms with E-state index in [1.165, 1.54) is 6.07 Å². The first-order valence-electron chi connectivity index (χ1n) is 12.3. The van der Waals surface area contributed by atoms with Gasteiger partial charge in [-0.3, -0.25) is 19.1 Å². The summed E-state index contributed by atoms with van der Waals surface area (Å²) in [6, 6.07) is 18.9. The van der Waals surface area contributed by atoms with Crippen LogP contribution < -0.4 is 10.2 Å². The number of rotatable bonds is 6. The van der Waals surface area contributed by atoms with Gasteiger partial charge in [0.2, 0.25) is 0 Å². The SMILES string of the molecule is CCOC(=O)Cn1cc2c(n1)-c1ccccc1N(C(=O)c1ccc(NC(=O)c3ccc(Cl)cc3Cl)cc1)CC2. The Hall–Kier alpha value is -4.14. The normalized spacial score (nSPS) is 12.2. The van der Waals surface area contributed by atoms with Gasteiger partial charge in [-0.05, 0) is 67.4 Å². The molecule has 0 fully saturated rings. The second-order valence-corrected chi connectivity index (χ2v) is 9.73. The number of carbonyl (C=O) groups excluding carboxylic acids is 3. The van der Waals surface area contributed by atoms with Crippen molar-refractivity contribution in [2.45, 2.75) is 19.9 Å². The van der Waals surface area contributed by atoms with Gasteiger partial charge in [0, 0.05) is 34.6 Å². The lowest BCUT2D eigenvalue weighted by atomic mass is 10.1. The number of benzene rings is 3. The van der Waals surface area contributed by atoms with Crippen molar-refractivity contribution >= 4 is 52.4 Å². The number of hydrogen-bond donors (Lipinski definition) is 1. The van der Waals surface area contributed by atoms with E-state index in [-0.39, 0.29) is 29.4 Å². The van der Waals surface area contributed by atoms with Crippen LogP contribution in [0.3, 0.4) is 0 Å². The molecule has 39 heavy (non-hydrogen) atoms. The monoisotopic (exact) mass is 562 g/mol. The fourth-order valence-corrected chi connectivity index (χ4v) is 4.98. The van der Waals surface area contributed by atoms with Crippen LogP contribution in [0.2, 0.25) is 10.0 Å². The van der Waals surface area contributed by atoms with Gasteiger partial charge < -0.3 is 15.0 Å².